The summed E-state index contributed by atoms with van der Waals surface area (Å²) in [6.45, 7) is 4.29. The second-order valence-corrected chi connectivity index (χ2v) is 6.04. The van der Waals surface area contributed by atoms with Crippen LogP contribution in [0.15, 0.2) is 18.3 Å². The first-order chi connectivity index (χ1) is 8.89. The topological polar surface area (TPSA) is 38.9 Å². The molecule has 1 fully saturated rings. The van der Waals surface area contributed by atoms with Crippen molar-refractivity contribution in [3.8, 4) is 0 Å². The Morgan fingerprint density at radius 2 is 2.11 bits per heavy atom. The Kier molecular flexibility index (Phi) is 4.07. The molecule has 1 atom stereocenters. The summed E-state index contributed by atoms with van der Waals surface area (Å²) in [4.78, 5) is 4.12. The number of alkyl halides is 2. The summed E-state index contributed by atoms with van der Waals surface area (Å²) in [5.41, 5.74) is 6.98. The van der Waals surface area contributed by atoms with Crippen LogP contribution >= 0.6 is 0 Å². The molecule has 2 N–H and O–H groups in total. The molecule has 106 valence electrons. The number of hydrogen-bond acceptors (Lipinski definition) is 2. The summed E-state index contributed by atoms with van der Waals surface area (Å²) in [6.07, 6.45) is 3.56. The van der Waals surface area contributed by atoms with E-state index in [0.717, 1.165) is 18.4 Å². The van der Waals surface area contributed by atoms with Gasteiger partial charge in [-0.25, -0.2) is 13.8 Å². The lowest BCUT2D eigenvalue weighted by Gasteiger charge is -2.36. The van der Waals surface area contributed by atoms with Gasteiger partial charge in [-0.2, -0.15) is 0 Å². The number of aromatic nitrogens is 1. The minimum atomic E-state index is -2.41. The van der Waals surface area contributed by atoms with Gasteiger partial charge < -0.3 is 5.73 Å². The number of rotatable bonds is 5. The molecule has 1 aromatic rings. The number of hydrogen-bond donors (Lipinski definition) is 1. The lowest BCUT2D eigenvalue weighted by Crippen LogP contribution is -2.35. The molecule has 4 heteroatoms. The number of nitrogen functional groups attached to an aromatic ring is 1. The van der Waals surface area contributed by atoms with Gasteiger partial charge in [-0.3, -0.25) is 0 Å². The Morgan fingerprint density at radius 1 is 1.42 bits per heavy atom. The Hall–Kier alpha value is -1.19. The van der Waals surface area contributed by atoms with Gasteiger partial charge >= 0.3 is 0 Å². The predicted molar refractivity (Wildman–Crippen MR) is 73.1 cm³/mol. The van der Waals surface area contributed by atoms with Crippen LogP contribution in [0.3, 0.4) is 0 Å². The summed E-state index contributed by atoms with van der Waals surface area (Å²) in [7, 11) is 0. The monoisotopic (exact) mass is 268 g/mol. The van der Waals surface area contributed by atoms with Gasteiger partial charge in [0.2, 0.25) is 5.92 Å². The van der Waals surface area contributed by atoms with Gasteiger partial charge in [-0.05, 0) is 42.2 Å². The SMILES string of the molecule is CC(C)[C@H](CCC1CC(F)(F)C1)c1cccnc1N. The maximum Gasteiger partial charge on any atom is 0.248 e. The van der Waals surface area contributed by atoms with Crippen LogP contribution in [0.1, 0.15) is 51.0 Å². The lowest BCUT2D eigenvalue weighted by atomic mass is 9.75. The van der Waals surface area contributed by atoms with Crippen molar-refractivity contribution >= 4 is 5.82 Å². The van der Waals surface area contributed by atoms with E-state index in [2.05, 4.69) is 18.8 Å². The van der Waals surface area contributed by atoms with E-state index in [1.54, 1.807) is 6.20 Å². The first kappa shape index (κ1) is 14.2. The lowest BCUT2D eigenvalue weighted by molar-refractivity contribution is -0.112. The van der Waals surface area contributed by atoms with Crippen LogP contribution in [0.5, 0.6) is 0 Å². The molecule has 0 aliphatic heterocycles. The summed E-state index contributed by atoms with van der Waals surface area (Å²) >= 11 is 0. The van der Waals surface area contributed by atoms with Gasteiger partial charge in [0, 0.05) is 19.0 Å². The number of halogens is 2. The number of nitrogens with zero attached hydrogens (tertiary/aromatic N) is 1. The van der Waals surface area contributed by atoms with Gasteiger partial charge in [0.15, 0.2) is 0 Å². The van der Waals surface area contributed by atoms with Crippen LogP contribution in [-0.2, 0) is 0 Å². The molecule has 2 rings (SSSR count). The summed E-state index contributed by atoms with van der Waals surface area (Å²) in [5.74, 6) is -0.921. The summed E-state index contributed by atoms with van der Waals surface area (Å²) < 4.78 is 25.7. The molecule has 0 radical (unpaired) electrons. The molecule has 0 amide bonds. The van der Waals surface area contributed by atoms with Gasteiger partial charge in [0.25, 0.3) is 0 Å². The fraction of sp³-hybridized carbons (Fsp3) is 0.667. The molecule has 0 saturated heterocycles. The molecule has 0 aromatic carbocycles. The highest BCUT2D eigenvalue weighted by Crippen LogP contribution is 2.46. The van der Waals surface area contributed by atoms with E-state index in [9.17, 15) is 8.78 Å². The van der Waals surface area contributed by atoms with Gasteiger partial charge in [-0.15, -0.1) is 0 Å². The average molecular weight is 268 g/mol. The molecule has 0 spiro atoms. The van der Waals surface area contributed by atoms with E-state index in [4.69, 9.17) is 5.73 Å². The smallest absolute Gasteiger partial charge is 0.248 e. The van der Waals surface area contributed by atoms with Crippen molar-refractivity contribution in [2.75, 3.05) is 5.73 Å². The Morgan fingerprint density at radius 3 is 2.63 bits per heavy atom. The summed E-state index contributed by atoms with van der Waals surface area (Å²) in [5, 5.41) is 0. The molecule has 1 heterocycles. The van der Waals surface area contributed by atoms with Crippen LogP contribution in [0.4, 0.5) is 14.6 Å². The molecule has 1 aromatic heterocycles. The molecule has 0 bridgehead atoms. The van der Waals surface area contributed by atoms with Crippen molar-refractivity contribution in [2.45, 2.75) is 51.4 Å². The second kappa shape index (κ2) is 5.43. The molecule has 1 saturated carbocycles. The number of nitrogens with two attached hydrogens (primary N) is 1. The van der Waals surface area contributed by atoms with E-state index < -0.39 is 5.92 Å². The van der Waals surface area contributed by atoms with Crippen LogP contribution in [-0.4, -0.2) is 10.9 Å². The van der Waals surface area contributed by atoms with Crippen molar-refractivity contribution in [1.82, 2.24) is 4.98 Å². The van der Waals surface area contributed by atoms with Gasteiger partial charge in [0.1, 0.15) is 5.82 Å². The van der Waals surface area contributed by atoms with Crippen molar-refractivity contribution < 1.29 is 8.78 Å². The molecule has 19 heavy (non-hydrogen) atoms. The van der Waals surface area contributed by atoms with E-state index in [-0.39, 0.29) is 18.8 Å². The first-order valence-corrected chi connectivity index (χ1v) is 6.97. The Balaban J connectivity index is 1.96. The number of anilines is 1. The van der Waals surface area contributed by atoms with Crippen molar-refractivity contribution in [3.05, 3.63) is 23.9 Å². The predicted octanol–water partition coefficient (Wildman–Crippen LogP) is 4.23. The minimum absolute atomic E-state index is 0.0559. The third-order valence-electron chi connectivity index (χ3n) is 4.14. The maximum atomic E-state index is 12.8. The molecule has 1 aliphatic carbocycles. The maximum absolute atomic E-state index is 12.8. The normalized spacial score (nSPS) is 20.3. The quantitative estimate of drug-likeness (QED) is 0.868. The Bertz CT molecular complexity index is 424. The minimum Gasteiger partial charge on any atom is -0.383 e. The fourth-order valence-electron chi connectivity index (χ4n) is 3.00. The zero-order valence-electron chi connectivity index (χ0n) is 11.6. The van der Waals surface area contributed by atoms with Crippen LogP contribution in [0, 0.1) is 11.8 Å². The first-order valence-electron chi connectivity index (χ1n) is 6.97. The molecule has 2 nitrogen and oxygen atoms in total. The van der Waals surface area contributed by atoms with Crippen molar-refractivity contribution in [1.29, 1.82) is 0 Å². The molecular formula is C15H22F2N2. The van der Waals surface area contributed by atoms with Crippen molar-refractivity contribution in [3.63, 3.8) is 0 Å². The van der Waals surface area contributed by atoms with E-state index in [1.807, 2.05) is 12.1 Å². The van der Waals surface area contributed by atoms with Gasteiger partial charge in [0.05, 0.1) is 0 Å². The summed E-state index contributed by atoms with van der Waals surface area (Å²) in [6, 6.07) is 3.89. The third-order valence-corrected chi connectivity index (χ3v) is 4.14. The fourth-order valence-corrected chi connectivity index (χ4v) is 3.00. The van der Waals surface area contributed by atoms with E-state index in [1.165, 1.54) is 0 Å². The van der Waals surface area contributed by atoms with E-state index in [0.29, 0.717) is 17.7 Å². The zero-order chi connectivity index (χ0) is 14.0. The standard InChI is InChI=1S/C15H22F2N2/c1-10(2)12(13-4-3-7-19-14(13)18)6-5-11-8-15(16,17)9-11/h3-4,7,10-12H,5-6,8-9H2,1-2H3,(H2,18,19)/t12-/m0/s1. The zero-order valence-corrected chi connectivity index (χ0v) is 11.6. The average Bonchev–Trinajstić information content (AvgIpc) is 2.28. The highest BCUT2D eigenvalue weighted by atomic mass is 19.3. The van der Waals surface area contributed by atoms with Crippen LogP contribution < -0.4 is 5.73 Å². The van der Waals surface area contributed by atoms with Crippen LogP contribution in [0.2, 0.25) is 0 Å². The van der Waals surface area contributed by atoms with Gasteiger partial charge in [-0.1, -0.05) is 19.9 Å². The number of pyridine rings is 1. The van der Waals surface area contributed by atoms with Crippen LogP contribution in [0.25, 0.3) is 0 Å². The highest BCUT2D eigenvalue weighted by Gasteiger charge is 2.44. The van der Waals surface area contributed by atoms with E-state index >= 15 is 0 Å². The third kappa shape index (κ3) is 3.43. The second-order valence-electron chi connectivity index (χ2n) is 6.04. The van der Waals surface area contributed by atoms with Crippen molar-refractivity contribution in [2.24, 2.45) is 11.8 Å². The largest absolute Gasteiger partial charge is 0.383 e. The Labute approximate surface area is 113 Å². The highest BCUT2D eigenvalue weighted by molar-refractivity contribution is 5.41. The molecular weight excluding hydrogens is 246 g/mol. The molecule has 0 unspecified atom stereocenters. The molecule has 1 aliphatic rings.